The van der Waals surface area contributed by atoms with E-state index in [0.29, 0.717) is 31.5 Å². The number of benzene rings is 1. The summed E-state index contributed by atoms with van der Waals surface area (Å²) in [6, 6.07) is 10.0. The fourth-order valence-electron chi connectivity index (χ4n) is 4.53. The molecule has 0 atom stereocenters. The number of aldehydes is 1. The molecule has 0 saturated carbocycles. The Kier molecular flexibility index (Phi) is 8.44. The molecule has 3 aromatic heterocycles. The summed E-state index contributed by atoms with van der Waals surface area (Å²) in [4.78, 5) is 26.5. The van der Waals surface area contributed by atoms with E-state index in [9.17, 15) is 18.0 Å². The molecule has 0 N–H and O–H groups in total. The van der Waals surface area contributed by atoms with Gasteiger partial charge in [-0.1, -0.05) is 6.07 Å². The van der Waals surface area contributed by atoms with Crippen molar-refractivity contribution >= 4 is 6.29 Å². The van der Waals surface area contributed by atoms with E-state index in [1.165, 1.54) is 12.1 Å². The first-order valence-electron chi connectivity index (χ1n) is 12.4. The molecule has 1 aromatic carbocycles. The standard InChI is InChI=1S/C29H30F3N5O2/c1-19-12-20(2)35-24(13-19)17-36(4)10-11-39-27-23(18-38)14-22(16-37-9-8-33-21(37)3)15-26(27)25-6-5-7-34-28(25)29(30,31)32/h5-9,12-15,18H,10-11,16-17H2,1-4H3. The third kappa shape index (κ3) is 6.88. The Hall–Kier alpha value is -4.05. The number of hydrogen-bond donors (Lipinski definition) is 0. The molecule has 0 aliphatic rings. The first-order valence-corrected chi connectivity index (χ1v) is 12.4. The van der Waals surface area contributed by atoms with Crippen molar-refractivity contribution in [1.29, 1.82) is 0 Å². The van der Waals surface area contributed by atoms with Crippen LogP contribution in [0.3, 0.4) is 0 Å². The molecule has 0 amide bonds. The molecule has 0 unspecified atom stereocenters. The van der Waals surface area contributed by atoms with Gasteiger partial charge in [-0.05, 0) is 69.3 Å². The van der Waals surface area contributed by atoms with E-state index in [4.69, 9.17) is 4.74 Å². The van der Waals surface area contributed by atoms with Crippen LogP contribution < -0.4 is 4.74 Å². The Balaban J connectivity index is 1.66. The second-order valence-electron chi connectivity index (χ2n) is 9.54. The van der Waals surface area contributed by atoms with Gasteiger partial charge in [-0.25, -0.2) is 4.98 Å². The van der Waals surface area contributed by atoms with Crippen molar-refractivity contribution < 1.29 is 22.7 Å². The van der Waals surface area contributed by atoms with Crippen LogP contribution in [0.1, 0.15) is 44.4 Å². The number of nitrogens with zero attached hydrogens (tertiary/aromatic N) is 5. The van der Waals surface area contributed by atoms with E-state index in [0.717, 1.165) is 29.0 Å². The molecule has 0 spiro atoms. The molecule has 0 saturated heterocycles. The minimum absolute atomic E-state index is 0.0903. The zero-order valence-corrected chi connectivity index (χ0v) is 22.3. The van der Waals surface area contributed by atoms with Crippen molar-refractivity contribution in [3.63, 3.8) is 0 Å². The van der Waals surface area contributed by atoms with Gasteiger partial charge in [0, 0.05) is 55.0 Å². The van der Waals surface area contributed by atoms with Gasteiger partial charge in [-0.15, -0.1) is 0 Å². The minimum Gasteiger partial charge on any atom is -0.491 e. The van der Waals surface area contributed by atoms with E-state index in [1.807, 2.05) is 49.4 Å². The maximum absolute atomic E-state index is 13.9. The molecule has 39 heavy (non-hydrogen) atoms. The smallest absolute Gasteiger partial charge is 0.433 e. The average molecular weight is 538 g/mol. The predicted octanol–water partition coefficient (Wildman–Crippen LogP) is 5.66. The highest BCUT2D eigenvalue weighted by Gasteiger charge is 2.36. The highest BCUT2D eigenvalue weighted by atomic mass is 19.4. The van der Waals surface area contributed by atoms with Crippen LogP contribution in [0.25, 0.3) is 11.1 Å². The van der Waals surface area contributed by atoms with Gasteiger partial charge in [0.25, 0.3) is 0 Å². The number of halogens is 3. The van der Waals surface area contributed by atoms with E-state index < -0.39 is 11.9 Å². The van der Waals surface area contributed by atoms with Crippen molar-refractivity contribution in [2.24, 2.45) is 0 Å². The fraction of sp³-hybridized carbons (Fsp3) is 0.310. The summed E-state index contributed by atoms with van der Waals surface area (Å²) in [6.45, 7) is 7.28. The highest BCUT2D eigenvalue weighted by molar-refractivity contribution is 5.87. The number of hydrogen-bond acceptors (Lipinski definition) is 6. The molecular formula is C29H30F3N5O2. The van der Waals surface area contributed by atoms with Crippen LogP contribution in [0.2, 0.25) is 0 Å². The van der Waals surface area contributed by atoms with E-state index in [2.05, 4.69) is 15.0 Å². The number of rotatable bonds is 10. The quantitative estimate of drug-likeness (QED) is 0.243. The minimum atomic E-state index is -4.69. The number of ether oxygens (including phenoxy) is 1. The monoisotopic (exact) mass is 537 g/mol. The molecule has 4 aromatic rings. The van der Waals surface area contributed by atoms with Gasteiger partial charge in [0.1, 0.15) is 18.2 Å². The Morgan fingerprint density at radius 1 is 1.05 bits per heavy atom. The second-order valence-corrected chi connectivity index (χ2v) is 9.54. The van der Waals surface area contributed by atoms with Crippen molar-refractivity contribution in [2.75, 3.05) is 20.2 Å². The number of pyridine rings is 2. The largest absolute Gasteiger partial charge is 0.491 e. The van der Waals surface area contributed by atoms with Gasteiger partial charge in [0.15, 0.2) is 12.0 Å². The van der Waals surface area contributed by atoms with Crippen LogP contribution in [0.5, 0.6) is 5.75 Å². The van der Waals surface area contributed by atoms with Crippen LogP contribution in [-0.2, 0) is 19.3 Å². The van der Waals surface area contributed by atoms with E-state index in [1.54, 1.807) is 24.5 Å². The summed E-state index contributed by atoms with van der Waals surface area (Å²) < 4.78 is 49.7. The van der Waals surface area contributed by atoms with E-state index in [-0.39, 0.29) is 29.0 Å². The molecule has 0 bridgehead atoms. The second kappa shape index (κ2) is 11.8. The Morgan fingerprint density at radius 2 is 1.85 bits per heavy atom. The summed E-state index contributed by atoms with van der Waals surface area (Å²) >= 11 is 0. The Bertz CT molecular complexity index is 1450. The van der Waals surface area contributed by atoms with Crippen LogP contribution in [0.4, 0.5) is 13.2 Å². The Labute approximate surface area is 225 Å². The van der Waals surface area contributed by atoms with Crippen molar-refractivity contribution in [2.45, 2.75) is 40.0 Å². The molecule has 0 aliphatic carbocycles. The molecule has 7 nitrogen and oxygen atoms in total. The van der Waals surface area contributed by atoms with Crippen LogP contribution in [-0.4, -0.2) is 50.9 Å². The van der Waals surface area contributed by atoms with Crippen molar-refractivity contribution in [3.8, 4) is 16.9 Å². The third-order valence-corrected chi connectivity index (χ3v) is 6.25. The first kappa shape index (κ1) is 28.0. The van der Waals surface area contributed by atoms with E-state index >= 15 is 0 Å². The maximum Gasteiger partial charge on any atom is 0.433 e. The highest BCUT2D eigenvalue weighted by Crippen LogP contribution is 2.41. The van der Waals surface area contributed by atoms with Crippen LogP contribution in [0, 0.1) is 20.8 Å². The topological polar surface area (TPSA) is 73.1 Å². The Morgan fingerprint density at radius 3 is 2.51 bits per heavy atom. The lowest BCUT2D eigenvalue weighted by molar-refractivity contribution is -0.140. The molecule has 3 heterocycles. The van der Waals surface area contributed by atoms with Gasteiger partial charge >= 0.3 is 6.18 Å². The SMILES string of the molecule is Cc1cc(C)nc(CN(C)CCOc2c(C=O)cc(Cn3ccnc3C)cc2-c2cccnc2C(F)(F)F)c1. The zero-order valence-electron chi connectivity index (χ0n) is 22.3. The summed E-state index contributed by atoms with van der Waals surface area (Å²) in [5, 5.41) is 0. The van der Waals surface area contributed by atoms with Gasteiger partial charge in [-0.2, -0.15) is 13.2 Å². The molecule has 4 rings (SSSR count). The predicted molar refractivity (Wildman–Crippen MR) is 142 cm³/mol. The molecular weight excluding hydrogens is 507 g/mol. The van der Waals surface area contributed by atoms with Gasteiger partial charge in [0.2, 0.25) is 0 Å². The number of carbonyl (C=O) groups excluding carboxylic acids is 1. The molecule has 10 heteroatoms. The first-order chi connectivity index (χ1) is 18.5. The summed E-state index contributed by atoms with van der Waals surface area (Å²) in [7, 11) is 1.91. The number of alkyl halides is 3. The molecule has 0 aliphatic heterocycles. The summed E-state index contributed by atoms with van der Waals surface area (Å²) in [5.74, 6) is 0.829. The lowest BCUT2D eigenvalue weighted by Gasteiger charge is -2.21. The normalized spacial score (nSPS) is 11.7. The molecule has 0 radical (unpaired) electrons. The van der Waals surface area contributed by atoms with Gasteiger partial charge in [0.05, 0.1) is 11.3 Å². The van der Waals surface area contributed by atoms with Crippen molar-refractivity contribution in [1.82, 2.24) is 24.4 Å². The van der Waals surface area contributed by atoms with Crippen molar-refractivity contribution in [3.05, 3.63) is 94.6 Å². The molecule has 204 valence electrons. The lowest BCUT2D eigenvalue weighted by Crippen LogP contribution is -2.25. The maximum atomic E-state index is 13.9. The summed E-state index contributed by atoms with van der Waals surface area (Å²) in [5.41, 5.74) is 2.72. The number of likely N-dealkylation sites (N-methyl/N-ethyl adjacent to an activating group) is 1. The number of aryl methyl sites for hydroxylation is 3. The van der Waals surface area contributed by atoms with Crippen LogP contribution in [0.15, 0.2) is 55.0 Å². The zero-order chi connectivity index (χ0) is 28.2. The number of aromatic nitrogens is 4. The summed E-state index contributed by atoms with van der Waals surface area (Å²) in [6.07, 6.45) is 0.427. The number of imidazole rings is 1. The van der Waals surface area contributed by atoms with Gasteiger partial charge < -0.3 is 9.30 Å². The average Bonchev–Trinajstić information content (AvgIpc) is 3.27. The fourth-order valence-corrected chi connectivity index (χ4v) is 4.53. The lowest BCUT2D eigenvalue weighted by atomic mass is 9.96. The molecule has 0 fully saturated rings. The van der Waals surface area contributed by atoms with Crippen LogP contribution >= 0.6 is 0 Å². The third-order valence-electron chi connectivity index (χ3n) is 6.25. The van der Waals surface area contributed by atoms with Gasteiger partial charge in [-0.3, -0.25) is 19.7 Å². The number of carbonyl (C=O) groups is 1.